The Hall–Kier alpha value is -2.31. The Labute approximate surface area is 159 Å². The van der Waals surface area contributed by atoms with Crippen LogP contribution in [0.3, 0.4) is 0 Å². The van der Waals surface area contributed by atoms with Crippen molar-refractivity contribution in [3.63, 3.8) is 0 Å². The molecule has 2 aromatic heterocycles. The van der Waals surface area contributed by atoms with Crippen LogP contribution >= 0.6 is 0 Å². The largest absolute Gasteiger partial charge is 0.373 e. The molecule has 0 N–H and O–H groups in total. The summed E-state index contributed by atoms with van der Waals surface area (Å²) in [6.07, 6.45) is 5.46. The first-order valence-electron chi connectivity index (χ1n) is 9.42. The van der Waals surface area contributed by atoms with E-state index >= 15 is 0 Å². The van der Waals surface area contributed by atoms with Gasteiger partial charge >= 0.3 is 0 Å². The van der Waals surface area contributed by atoms with Crippen molar-refractivity contribution in [1.29, 1.82) is 0 Å². The van der Waals surface area contributed by atoms with Crippen LogP contribution in [0, 0.1) is 13.8 Å². The second-order valence-electron chi connectivity index (χ2n) is 7.62. The van der Waals surface area contributed by atoms with Gasteiger partial charge in [-0.05, 0) is 44.0 Å². The fourth-order valence-corrected chi connectivity index (χ4v) is 3.98. The van der Waals surface area contributed by atoms with Crippen molar-refractivity contribution in [3.05, 3.63) is 59.2 Å². The van der Waals surface area contributed by atoms with Crippen molar-refractivity contribution in [3.8, 4) is 0 Å². The highest BCUT2D eigenvalue weighted by Crippen LogP contribution is 2.36. The summed E-state index contributed by atoms with van der Waals surface area (Å²) >= 11 is 0. The fraction of sp³-hybridized carbons (Fsp3) is 0.476. The molecule has 142 valence electrons. The summed E-state index contributed by atoms with van der Waals surface area (Å²) in [6, 6.07) is 7.64. The molecule has 1 amide bonds. The predicted molar refractivity (Wildman–Crippen MR) is 100 cm³/mol. The van der Waals surface area contributed by atoms with Crippen molar-refractivity contribution in [1.82, 2.24) is 14.9 Å². The minimum absolute atomic E-state index is 0.0521. The standard InChI is InChI=1S/C21H25N3O3/c1-15-8-18(9-16(2)23-15)20(25)24-13-21(14-24)10-19(5-7-27-21)26-12-17-4-3-6-22-11-17/h3-4,6,8-9,11,19H,5,7,10,12-14H2,1-2H3/t19-/m1/s1. The molecular formula is C21H25N3O3. The van der Waals surface area contributed by atoms with E-state index in [0.29, 0.717) is 31.9 Å². The Morgan fingerprint density at radius 3 is 2.81 bits per heavy atom. The summed E-state index contributed by atoms with van der Waals surface area (Å²) in [6.45, 7) is 6.31. The summed E-state index contributed by atoms with van der Waals surface area (Å²) in [4.78, 5) is 23.1. The van der Waals surface area contributed by atoms with Crippen molar-refractivity contribution < 1.29 is 14.3 Å². The average Bonchev–Trinajstić information content (AvgIpc) is 2.64. The lowest BCUT2D eigenvalue weighted by atomic mass is 9.84. The number of amides is 1. The number of aromatic nitrogens is 2. The first-order valence-corrected chi connectivity index (χ1v) is 9.42. The zero-order valence-corrected chi connectivity index (χ0v) is 15.9. The van der Waals surface area contributed by atoms with Crippen LogP contribution < -0.4 is 0 Å². The summed E-state index contributed by atoms with van der Waals surface area (Å²) in [5.41, 5.74) is 3.25. The Bertz CT molecular complexity index is 798. The van der Waals surface area contributed by atoms with E-state index in [2.05, 4.69) is 9.97 Å². The Balaban J connectivity index is 1.33. The topological polar surface area (TPSA) is 64.6 Å². The molecule has 6 nitrogen and oxygen atoms in total. The van der Waals surface area contributed by atoms with Gasteiger partial charge in [0.1, 0.15) is 5.60 Å². The third kappa shape index (κ3) is 4.01. The van der Waals surface area contributed by atoms with Gasteiger partial charge in [-0.15, -0.1) is 0 Å². The molecule has 4 rings (SSSR count). The first kappa shape index (κ1) is 18.1. The van der Waals surface area contributed by atoms with Crippen molar-refractivity contribution in [2.24, 2.45) is 0 Å². The number of hydrogen-bond donors (Lipinski definition) is 0. The molecule has 2 saturated heterocycles. The van der Waals surface area contributed by atoms with Gasteiger partial charge in [0.25, 0.3) is 5.91 Å². The van der Waals surface area contributed by atoms with Crippen LogP contribution in [-0.4, -0.2) is 52.2 Å². The molecule has 0 bridgehead atoms. The van der Waals surface area contributed by atoms with Gasteiger partial charge in [0, 0.05) is 42.4 Å². The third-order valence-electron chi connectivity index (χ3n) is 5.23. The number of hydrogen-bond acceptors (Lipinski definition) is 5. The second kappa shape index (κ2) is 7.37. The predicted octanol–water partition coefficient (Wildman–Crippen LogP) is 2.68. The van der Waals surface area contributed by atoms with Gasteiger partial charge in [0.15, 0.2) is 0 Å². The maximum atomic E-state index is 12.8. The van der Waals surface area contributed by atoms with Crippen molar-refractivity contribution in [2.45, 2.75) is 45.0 Å². The van der Waals surface area contributed by atoms with Gasteiger partial charge in [0.05, 0.1) is 25.8 Å². The second-order valence-corrected chi connectivity index (χ2v) is 7.62. The highest BCUT2D eigenvalue weighted by atomic mass is 16.5. The van der Waals surface area contributed by atoms with Gasteiger partial charge in [0.2, 0.25) is 0 Å². The minimum Gasteiger partial charge on any atom is -0.373 e. The summed E-state index contributed by atoms with van der Waals surface area (Å²) in [5, 5.41) is 0. The number of likely N-dealkylation sites (tertiary alicyclic amines) is 1. The maximum Gasteiger partial charge on any atom is 0.254 e. The lowest BCUT2D eigenvalue weighted by Gasteiger charge is -2.53. The molecule has 2 aromatic rings. The zero-order chi connectivity index (χ0) is 18.9. The number of aryl methyl sites for hydroxylation is 2. The molecule has 0 aliphatic carbocycles. The van der Waals surface area contributed by atoms with E-state index in [0.717, 1.165) is 29.8 Å². The number of nitrogens with zero attached hydrogens (tertiary/aromatic N) is 3. The van der Waals surface area contributed by atoms with E-state index < -0.39 is 0 Å². The van der Waals surface area contributed by atoms with Crippen LogP contribution in [0.25, 0.3) is 0 Å². The van der Waals surface area contributed by atoms with Crippen LogP contribution in [0.5, 0.6) is 0 Å². The highest BCUT2D eigenvalue weighted by molar-refractivity contribution is 5.95. The number of ether oxygens (including phenoxy) is 2. The van der Waals surface area contributed by atoms with E-state index in [1.165, 1.54) is 0 Å². The number of rotatable bonds is 4. The summed E-state index contributed by atoms with van der Waals surface area (Å²) in [5.74, 6) is 0.0521. The molecule has 0 unspecified atom stereocenters. The van der Waals surface area contributed by atoms with Gasteiger partial charge in [-0.2, -0.15) is 0 Å². The molecule has 0 aromatic carbocycles. The van der Waals surface area contributed by atoms with E-state index in [-0.39, 0.29) is 17.6 Å². The Kier molecular flexibility index (Phi) is 4.93. The van der Waals surface area contributed by atoms with Gasteiger partial charge in [-0.3, -0.25) is 14.8 Å². The summed E-state index contributed by atoms with van der Waals surface area (Å²) in [7, 11) is 0. The van der Waals surface area contributed by atoms with Crippen LogP contribution in [0.4, 0.5) is 0 Å². The molecule has 0 radical (unpaired) electrons. The number of pyridine rings is 2. The molecule has 2 aliphatic rings. The quantitative estimate of drug-likeness (QED) is 0.831. The van der Waals surface area contributed by atoms with Crippen LogP contribution in [-0.2, 0) is 16.1 Å². The molecule has 4 heterocycles. The van der Waals surface area contributed by atoms with Crippen LogP contribution in [0.2, 0.25) is 0 Å². The maximum absolute atomic E-state index is 12.8. The van der Waals surface area contributed by atoms with Crippen molar-refractivity contribution >= 4 is 5.91 Å². The molecule has 0 saturated carbocycles. The number of carbonyl (C=O) groups is 1. The lowest BCUT2D eigenvalue weighted by Crippen LogP contribution is -2.67. The molecule has 2 fully saturated rings. The van der Waals surface area contributed by atoms with Crippen LogP contribution in [0.15, 0.2) is 36.7 Å². The van der Waals surface area contributed by atoms with Gasteiger partial charge in [-0.25, -0.2) is 0 Å². The monoisotopic (exact) mass is 367 g/mol. The minimum atomic E-state index is -0.259. The van der Waals surface area contributed by atoms with E-state index in [1.807, 2.05) is 49.2 Å². The highest BCUT2D eigenvalue weighted by Gasteiger charge is 2.49. The van der Waals surface area contributed by atoms with Gasteiger partial charge in [-0.1, -0.05) is 6.07 Å². The molecule has 6 heteroatoms. The molecule has 27 heavy (non-hydrogen) atoms. The molecule has 1 atom stereocenters. The normalized spacial score (nSPS) is 21.1. The first-order chi connectivity index (χ1) is 13.0. The Morgan fingerprint density at radius 2 is 2.11 bits per heavy atom. The fourth-order valence-electron chi connectivity index (χ4n) is 3.98. The molecular weight excluding hydrogens is 342 g/mol. The third-order valence-corrected chi connectivity index (χ3v) is 5.23. The number of carbonyl (C=O) groups excluding carboxylic acids is 1. The van der Waals surface area contributed by atoms with E-state index in [4.69, 9.17) is 9.47 Å². The van der Waals surface area contributed by atoms with Crippen LogP contribution in [0.1, 0.15) is 40.2 Å². The summed E-state index contributed by atoms with van der Waals surface area (Å²) < 4.78 is 12.1. The molecule has 2 aliphatic heterocycles. The van der Waals surface area contributed by atoms with Gasteiger partial charge < -0.3 is 14.4 Å². The SMILES string of the molecule is Cc1cc(C(=O)N2CC3(C[C@H](OCc4cccnc4)CCO3)C2)cc(C)n1. The van der Waals surface area contributed by atoms with Crippen molar-refractivity contribution in [2.75, 3.05) is 19.7 Å². The molecule has 1 spiro atoms. The zero-order valence-electron chi connectivity index (χ0n) is 15.9. The smallest absolute Gasteiger partial charge is 0.254 e. The lowest BCUT2D eigenvalue weighted by molar-refractivity contribution is -0.188. The Morgan fingerprint density at radius 1 is 1.33 bits per heavy atom. The average molecular weight is 367 g/mol. The van der Waals surface area contributed by atoms with E-state index in [1.54, 1.807) is 6.20 Å². The van der Waals surface area contributed by atoms with E-state index in [9.17, 15) is 4.79 Å².